The third-order valence-electron chi connectivity index (χ3n) is 2.21. The Morgan fingerprint density at radius 2 is 2.29 bits per heavy atom. The molecule has 0 aliphatic carbocycles. The Hall–Kier alpha value is -1.43. The minimum absolute atomic E-state index is 0.121. The molecular formula is C11H16N2O3S. The molecule has 1 N–H and O–H groups in total. The van der Waals surface area contributed by atoms with E-state index in [0.29, 0.717) is 19.4 Å². The molecule has 0 aliphatic heterocycles. The van der Waals surface area contributed by atoms with Crippen LogP contribution in [0.25, 0.3) is 0 Å². The van der Waals surface area contributed by atoms with Gasteiger partial charge in [0.25, 0.3) is 0 Å². The largest absolute Gasteiger partial charge is 0.480 e. The molecule has 5 nitrogen and oxygen atoms in total. The van der Waals surface area contributed by atoms with Crippen LogP contribution in [0, 0.1) is 0 Å². The third-order valence-corrected chi connectivity index (χ3v) is 3.05. The zero-order chi connectivity index (χ0) is 12.7. The van der Waals surface area contributed by atoms with Crippen molar-refractivity contribution in [2.24, 2.45) is 0 Å². The molecule has 0 atom stereocenters. The van der Waals surface area contributed by atoms with Gasteiger partial charge < -0.3 is 10.0 Å². The van der Waals surface area contributed by atoms with Crippen molar-refractivity contribution in [3.8, 4) is 0 Å². The van der Waals surface area contributed by atoms with E-state index >= 15 is 0 Å². The molecule has 1 heterocycles. The van der Waals surface area contributed by atoms with Gasteiger partial charge in [0.05, 0.1) is 5.01 Å². The van der Waals surface area contributed by atoms with Crippen molar-refractivity contribution in [3.05, 3.63) is 16.6 Å². The molecule has 0 fully saturated rings. The summed E-state index contributed by atoms with van der Waals surface area (Å²) >= 11 is 1.51. The van der Waals surface area contributed by atoms with Gasteiger partial charge in [-0.3, -0.25) is 9.59 Å². The van der Waals surface area contributed by atoms with Crippen LogP contribution in [-0.2, 0) is 16.0 Å². The van der Waals surface area contributed by atoms with Gasteiger partial charge >= 0.3 is 5.97 Å². The number of hydrogen-bond acceptors (Lipinski definition) is 4. The Balaban J connectivity index is 2.44. The van der Waals surface area contributed by atoms with Crippen molar-refractivity contribution in [2.75, 3.05) is 13.1 Å². The van der Waals surface area contributed by atoms with Crippen molar-refractivity contribution >= 4 is 23.2 Å². The second-order valence-corrected chi connectivity index (χ2v) is 4.61. The topological polar surface area (TPSA) is 70.5 Å². The van der Waals surface area contributed by atoms with E-state index in [1.54, 1.807) is 6.20 Å². The molecule has 1 aromatic rings. The monoisotopic (exact) mass is 256 g/mol. The Morgan fingerprint density at radius 1 is 1.53 bits per heavy atom. The molecule has 0 saturated heterocycles. The highest BCUT2D eigenvalue weighted by Gasteiger charge is 2.15. The van der Waals surface area contributed by atoms with Crippen LogP contribution >= 0.6 is 11.3 Å². The Morgan fingerprint density at radius 3 is 2.82 bits per heavy atom. The first-order valence-electron chi connectivity index (χ1n) is 5.51. The number of thiazole rings is 1. The molecule has 0 spiro atoms. The van der Waals surface area contributed by atoms with Gasteiger partial charge in [0.15, 0.2) is 0 Å². The third kappa shape index (κ3) is 4.95. The van der Waals surface area contributed by atoms with E-state index in [4.69, 9.17) is 5.11 Å². The quantitative estimate of drug-likeness (QED) is 0.800. The minimum Gasteiger partial charge on any atom is -0.480 e. The lowest BCUT2D eigenvalue weighted by molar-refractivity contribution is -0.144. The van der Waals surface area contributed by atoms with E-state index in [0.717, 1.165) is 11.4 Å². The molecule has 1 aromatic heterocycles. The zero-order valence-corrected chi connectivity index (χ0v) is 10.6. The Kier molecular flexibility index (Phi) is 5.62. The highest BCUT2D eigenvalue weighted by atomic mass is 32.1. The molecule has 0 saturated carbocycles. The predicted molar refractivity (Wildman–Crippen MR) is 64.9 cm³/mol. The number of nitrogens with zero attached hydrogens (tertiary/aromatic N) is 2. The van der Waals surface area contributed by atoms with Gasteiger partial charge in [-0.1, -0.05) is 6.92 Å². The molecule has 0 radical (unpaired) electrons. The zero-order valence-electron chi connectivity index (χ0n) is 9.76. The normalized spacial score (nSPS) is 10.2. The van der Waals surface area contributed by atoms with Gasteiger partial charge in [-0.15, -0.1) is 11.3 Å². The average molecular weight is 256 g/mol. The fraction of sp³-hybridized carbons (Fsp3) is 0.545. The van der Waals surface area contributed by atoms with Gasteiger partial charge in [-0.05, 0) is 6.42 Å². The highest BCUT2D eigenvalue weighted by molar-refractivity contribution is 7.09. The molecule has 94 valence electrons. The van der Waals surface area contributed by atoms with E-state index < -0.39 is 5.97 Å². The number of hydrogen-bond donors (Lipinski definition) is 1. The maximum atomic E-state index is 11.8. The van der Waals surface area contributed by atoms with Crippen molar-refractivity contribution in [1.82, 2.24) is 9.88 Å². The summed E-state index contributed by atoms with van der Waals surface area (Å²) in [6.45, 7) is 2.19. The van der Waals surface area contributed by atoms with Crippen molar-refractivity contribution in [2.45, 2.75) is 26.2 Å². The van der Waals surface area contributed by atoms with Crippen LogP contribution in [0.2, 0.25) is 0 Å². The Labute approximate surface area is 104 Å². The Bertz CT molecular complexity index is 365. The van der Waals surface area contributed by atoms with Gasteiger partial charge in [0.1, 0.15) is 6.54 Å². The highest BCUT2D eigenvalue weighted by Crippen LogP contribution is 2.08. The molecule has 17 heavy (non-hydrogen) atoms. The van der Waals surface area contributed by atoms with E-state index in [-0.39, 0.29) is 12.5 Å². The fourth-order valence-corrected chi connectivity index (χ4v) is 2.09. The number of rotatable bonds is 7. The van der Waals surface area contributed by atoms with Gasteiger partial charge in [0, 0.05) is 31.0 Å². The number of carbonyl (C=O) groups is 2. The number of aryl methyl sites for hydroxylation is 1. The molecule has 0 aliphatic rings. The van der Waals surface area contributed by atoms with E-state index in [2.05, 4.69) is 4.98 Å². The molecule has 0 aromatic carbocycles. The van der Waals surface area contributed by atoms with Crippen LogP contribution in [0.1, 0.15) is 24.8 Å². The molecule has 1 rings (SSSR count). The molecular weight excluding hydrogens is 240 g/mol. The first-order chi connectivity index (χ1) is 8.13. The second kappa shape index (κ2) is 7.01. The van der Waals surface area contributed by atoms with Crippen LogP contribution in [0.15, 0.2) is 11.6 Å². The van der Waals surface area contributed by atoms with Crippen molar-refractivity contribution in [1.29, 1.82) is 0 Å². The van der Waals surface area contributed by atoms with Crippen molar-refractivity contribution < 1.29 is 14.7 Å². The van der Waals surface area contributed by atoms with Crippen LogP contribution in [0.5, 0.6) is 0 Å². The number of aromatic nitrogens is 1. The van der Waals surface area contributed by atoms with Crippen LogP contribution < -0.4 is 0 Å². The summed E-state index contributed by atoms with van der Waals surface area (Å²) < 4.78 is 0. The van der Waals surface area contributed by atoms with E-state index in [1.807, 2.05) is 12.3 Å². The number of carbonyl (C=O) groups excluding carboxylic acids is 1. The summed E-state index contributed by atoms with van der Waals surface area (Å²) in [6.07, 6.45) is 3.36. The first-order valence-corrected chi connectivity index (χ1v) is 6.39. The van der Waals surface area contributed by atoms with Crippen LogP contribution in [0.4, 0.5) is 0 Å². The van der Waals surface area contributed by atoms with Gasteiger partial charge in [0.2, 0.25) is 5.91 Å². The molecule has 1 amide bonds. The predicted octanol–water partition coefficient (Wildman–Crippen LogP) is 1.40. The smallest absolute Gasteiger partial charge is 0.323 e. The summed E-state index contributed by atoms with van der Waals surface area (Å²) in [4.78, 5) is 27.9. The van der Waals surface area contributed by atoms with Crippen LogP contribution in [0.3, 0.4) is 0 Å². The van der Waals surface area contributed by atoms with Crippen LogP contribution in [-0.4, -0.2) is 40.0 Å². The summed E-state index contributed by atoms with van der Waals surface area (Å²) in [7, 11) is 0. The molecule has 0 unspecified atom stereocenters. The lowest BCUT2D eigenvalue weighted by atomic mass is 10.2. The van der Waals surface area contributed by atoms with E-state index in [1.165, 1.54) is 16.2 Å². The number of carboxylic acids is 1. The van der Waals surface area contributed by atoms with Gasteiger partial charge in [-0.2, -0.15) is 0 Å². The maximum absolute atomic E-state index is 11.8. The van der Waals surface area contributed by atoms with Crippen molar-refractivity contribution in [3.63, 3.8) is 0 Å². The lowest BCUT2D eigenvalue weighted by Gasteiger charge is -2.19. The SMILES string of the molecule is CCCN(CC(=O)O)C(=O)CCc1nccs1. The maximum Gasteiger partial charge on any atom is 0.323 e. The number of carboxylic acid groups (broad SMARTS) is 1. The second-order valence-electron chi connectivity index (χ2n) is 3.63. The summed E-state index contributed by atoms with van der Waals surface area (Å²) in [5.41, 5.74) is 0. The first kappa shape index (κ1) is 13.6. The minimum atomic E-state index is -0.971. The fourth-order valence-electron chi connectivity index (χ4n) is 1.47. The van der Waals surface area contributed by atoms with Gasteiger partial charge in [-0.25, -0.2) is 4.98 Å². The average Bonchev–Trinajstić information content (AvgIpc) is 2.77. The summed E-state index contributed by atoms with van der Waals surface area (Å²) in [6, 6.07) is 0. The molecule has 6 heteroatoms. The lowest BCUT2D eigenvalue weighted by Crippen LogP contribution is -2.36. The van der Waals surface area contributed by atoms with E-state index in [9.17, 15) is 9.59 Å². The standard InChI is InChI=1S/C11H16N2O3S/c1-2-6-13(8-11(15)16)10(14)4-3-9-12-5-7-17-9/h5,7H,2-4,6,8H2,1H3,(H,15,16). The number of amides is 1. The summed E-state index contributed by atoms with van der Waals surface area (Å²) in [5.74, 6) is -1.09. The number of aliphatic carboxylic acids is 1. The molecule has 0 bridgehead atoms. The summed E-state index contributed by atoms with van der Waals surface area (Å²) in [5, 5.41) is 11.5.